The van der Waals surface area contributed by atoms with Gasteiger partial charge in [0.2, 0.25) is 0 Å². The molecule has 1 fully saturated rings. The fourth-order valence-electron chi connectivity index (χ4n) is 2.28. The van der Waals surface area contributed by atoms with E-state index in [4.69, 9.17) is 0 Å². The van der Waals surface area contributed by atoms with Crippen LogP contribution in [0, 0.1) is 0 Å². The number of rotatable bonds is 2. The summed E-state index contributed by atoms with van der Waals surface area (Å²) in [4.78, 5) is 2.58. The molecule has 2 atom stereocenters. The molecule has 82 valence electrons. The van der Waals surface area contributed by atoms with Crippen molar-refractivity contribution in [2.45, 2.75) is 32.5 Å². The summed E-state index contributed by atoms with van der Waals surface area (Å²) in [5, 5.41) is 3.46. The van der Waals surface area contributed by atoms with E-state index in [1.807, 2.05) is 0 Å². The second kappa shape index (κ2) is 4.77. The van der Waals surface area contributed by atoms with Gasteiger partial charge in [0.25, 0.3) is 0 Å². The first-order valence-electron chi connectivity index (χ1n) is 5.78. The molecular formula is C13H20N2. The number of piperazine rings is 1. The van der Waals surface area contributed by atoms with Gasteiger partial charge in [-0.2, -0.15) is 0 Å². The molecule has 15 heavy (non-hydrogen) atoms. The van der Waals surface area contributed by atoms with Crippen LogP contribution in [0.3, 0.4) is 0 Å². The minimum absolute atomic E-state index is 0.633. The van der Waals surface area contributed by atoms with Crippen LogP contribution in [0.15, 0.2) is 30.3 Å². The van der Waals surface area contributed by atoms with Crippen molar-refractivity contribution in [3.8, 4) is 0 Å². The molecule has 0 aliphatic carbocycles. The smallest absolute Gasteiger partial charge is 0.0240 e. The summed E-state index contributed by atoms with van der Waals surface area (Å²) in [5.41, 5.74) is 1.41. The molecule has 2 rings (SSSR count). The first-order chi connectivity index (χ1) is 7.27. The van der Waals surface area contributed by atoms with E-state index in [9.17, 15) is 0 Å². The van der Waals surface area contributed by atoms with Crippen molar-refractivity contribution in [1.82, 2.24) is 10.2 Å². The van der Waals surface area contributed by atoms with Crippen LogP contribution in [0.4, 0.5) is 0 Å². The van der Waals surface area contributed by atoms with Crippen molar-refractivity contribution in [2.75, 3.05) is 13.1 Å². The van der Waals surface area contributed by atoms with Crippen LogP contribution in [0.1, 0.15) is 19.4 Å². The highest BCUT2D eigenvalue weighted by molar-refractivity contribution is 5.14. The number of hydrogen-bond donors (Lipinski definition) is 1. The molecule has 0 spiro atoms. The molecule has 0 aromatic heterocycles. The first-order valence-corrected chi connectivity index (χ1v) is 5.78. The van der Waals surface area contributed by atoms with Crippen LogP contribution >= 0.6 is 0 Å². The van der Waals surface area contributed by atoms with Crippen molar-refractivity contribution in [3.05, 3.63) is 35.9 Å². The van der Waals surface area contributed by atoms with Crippen molar-refractivity contribution in [2.24, 2.45) is 0 Å². The molecule has 1 N–H and O–H groups in total. The average molecular weight is 204 g/mol. The van der Waals surface area contributed by atoms with Gasteiger partial charge in [-0.05, 0) is 19.4 Å². The van der Waals surface area contributed by atoms with E-state index < -0.39 is 0 Å². The normalized spacial score (nSPS) is 27.9. The first kappa shape index (κ1) is 10.7. The summed E-state index contributed by atoms with van der Waals surface area (Å²) < 4.78 is 0. The van der Waals surface area contributed by atoms with Crippen molar-refractivity contribution in [3.63, 3.8) is 0 Å². The van der Waals surface area contributed by atoms with Crippen LogP contribution in [0.25, 0.3) is 0 Å². The van der Waals surface area contributed by atoms with E-state index in [-0.39, 0.29) is 0 Å². The fraction of sp³-hybridized carbons (Fsp3) is 0.538. The van der Waals surface area contributed by atoms with E-state index in [0.717, 1.165) is 19.6 Å². The maximum atomic E-state index is 3.46. The molecule has 1 aliphatic rings. The second-order valence-corrected chi connectivity index (χ2v) is 4.51. The Hall–Kier alpha value is -0.860. The van der Waals surface area contributed by atoms with Gasteiger partial charge in [0, 0.05) is 31.7 Å². The van der Waals surface area contributed by atoms with Crippen LogP contribution in [-0.2, 0) is 6.54 Å². The quantitative estimate of drug-likeness (QED) is 0.791. The summed E-state index contributed by atoms with van der Waals surface area (Å²) in [6.45, 7) is 7.89. The highest BCUT2D eigenvalue weighted by atomic mass is 15.2. The Morgan fingerprint density at radius 2 is 1.73 bits per heavy atom. The lowest BCUT2D eigenvalue weighted by Crippen LogP contribution is -2.54. The Kier molecular flexibility index (Phi) is 3.39. The molecule has 0 amide bonds. The van der Waals surface area contributed by atoms with E-state index in [0.29, 0.717) is 12.1 Å². The predicted molar refractivity (Wildman–Crippen MR) is 63.8 cm³/mol. The number of nitrogens with one attached hydrogen (secondary N) is 1. The molecule has 2 nitrogen and oxygen atoms in total. The van der Waals surface area contributed by atoms with Gasteiger partial charge in [-0.15, -0.1) is 0 Å². The topological polar surface area (TPSA) is 15.3 Å². The van der Waals surface area contributed by atoms with Gasteiger partial charge in [0.15, 0.2) is 0 Å². The van der Waals surface area contributed by atoms with E-state index in [1.165, 1.54) is 5.56 Å². The van der Waals surface area contributed by atoms with Crippen LogP contribution in [0.2, 0.25) is 0 Å². The van der Waals surface area contributed by atoms with Gasteiger partial charge in [-0.1, -0.05) is 30.3 Å². The second-order valence-electron chi connectivity index (χ2n) is 4.51. The Morgan fingerprint density at radius 3 is 2.33 bits per heavy atom. The molecule has 1 aromatic carbocycles. The standard InChI is InChI=1S/C13H20N2/c1-11-8-14-9-12(2)15(11)10-13-6-4-3-5-7-13/h3-7,11-12,14H,8-10H2,1-2H3. The molecule has 0 radical (unpaired) electrons. The molecule has 1 saturated heterocycles. The highest BCUT2D eigenvalue weighted by Gasteiger charge is 2.23. The molecule has 1 aliphatic heterocycles. The summed E-state index contributed by atoms with van der Waals surface area (Å²) in [6, 6.07) is 12.0. The Bertz CT molecular complexity index is 287. The van der Waals surface area contributed by atoms with E-state index >= 15 is 0 Å². The summed E-state index contributed by atoms with van der Waals surface area (Å²) in [6.07, 6.45) is 0. The lowest BCUT2D eigenvalue weighted by Gasteiger charge is -2.39. The molecule has 1 heterocycles. The summed E-state index contributed by atoms with van der Waals surface area (Å²) in [7, 11) is 0. The molecule has 1 aromatic rings. The average Bonchev–Trinajstić information content (AvgIpc) is 2.25. The monoisotopic (exact) mass is 204 g/mol. The maximum Gasteiger partial charge on any atom is 0.0240 e. The largest absolute Gasteiger partial charge is 0.314 e. The maximum absolute atomic E-state index is 3.46. The summed E-state index contributed by atoms with van der Waals surface area (Å²) in [5.74, 6) is 0. The zero-order chi connectivity index (χ0) is 10.7. The van der Waals surface area contributed by atoms with Crippen LogP contribution in [0.5, 0.6) is 0 Å². The van der Waals surface area contributed by atoms with Crippen LogP contribution < -0.4 is 5.32 Å². The minimum atomic E-state index is 0.633. The number of hydrogen-bond acceptors (Lipinski definition) is 2. The Labute approximate surface area is 92.3 Å². The van der Waals surface area contributed by atoms with Crippen LogP contribution in [-0.4, -0.2) is 30.1 Å². The fourth-order valence-corrected chi connectivity index (χ4v) is 2.28. The van der Waals surface area contributed by atoms with Crippen molar-refractivity contribution in [1.29, 1.82) is 0 Å². The zero-order valence-corrected chi connectivity index (χ0v) is 9.61. The number of benzene rings is 1. The van der Waals surface area contributed by atoms with Gasteiger partial charge in [-0.3, -0.25) is 4.90 Å². The number of nitrogens with zero attached hydrogens (tertiary/aromatic N) is 1. The predicted octanol–water partition coefficient (Wildman–Crippen LogP) is 1.87. The van der Waals surface area contributed by atoms with Gasteiger partial charge < -0.3 is 5.32 Å². The van der Waals surface area contributed by atoms with E-state index in [1.54, 1.807) is 0 Å². The third-order valence-corrected chi connectivity index (χ3v) is 3.22. The highest BCUT2D eigenvalue weighted by Crippen LogP contribution is 2.14. The van der Waals surface area contributed by atoms with Gasteiger partial charge in [0.1, 0.15) is 0 Å². The Morgan fingerprint density at radius 1 is 1.13 bits per heavy atom. The molecule has 0 saturated carbocycles. The Balaban J connectivity index is 2.03. The minimum Gasteiger partial charge on any atom is -0.314 e. The molecule has 0 bridgehead atoms. The van der Waals surface area contributed by atoms with Gasteiger partial charge in [0.05, 0.1) is 0 Å². The van der Waals surface area contributed by atoms with Crippen molar-refractivity contribution < 1.29 is 0 Å². The van der Waals surface area contributed by atoms with E-state index in [2.05, 4.69) is 54.4 Å². The van der Waals surface area contributed by atoms with Gasteiger partial charge >= 0.3 is 0 Å². The lowest BCUT2D eigenvalue weighted by atomic mass is 10.1. The third kappa shape index (κ3) is 2.58. The van der Waals surface area contributed by atoms with Crippen molar-refractivity contribution >= 4 is 0 Å². The third-order valence-electron chi connectivity index (χ3n) is 3.22. The molecular weight excluding hydrogens is 184 g/mol. The SMILES string of the molecule is CC1CNCC(C)N1Cc1ccccc1. The zero-order valence-electron chi connectivity index (χ0n) is 9.61. The molecule has 2 heteroatoms. The lowest BCUT2D eigenvalue weighted by molar-refractivity contribution is 0.109. The summed E-state index contributed by atoms with van der Waals surface area (Å²) >= 11 is 0. The molecule has 2 unspecified atom stereocenters. The van der Waals surface area contributed by atoms with Gasteiger partial charge in [-0.25, -0.2) is 0 Å².